The van der Waals surface area contributed by atoms with Crippen LogP contribution in [-0.4, -0.2) is 29.7 Å². The average molecular weight is 381 g/mol. The van der Waals surface area contributed by atoms with Gasteiger partial charge in [-0.1, -0.05) is 23.2 Å². The molecule has 1 aromatic heterocycles. The maximum absolute atomic E-state index is 11.9. The number of benzene rings is 1. The molecule has 2 amide bonds. The summed E-state index contributed by atoms with van der Waals surface area (Å²) in [6, 6.07) is 6.43. The summed E-state index contributed by atoms with van der Waals surface area (Å²) in [5, 5.41) is 8.92. The molecule has 1 aliphatic heterocycles. The number of nitrogens with zero attached hydrogens (tertiary/aromatic N) is 2. The Kier molecular flexibility index (Phi) is 4.69. The Morgan fingerprint density at radius 3 is 2.68 bits per heavy atom. The highest BCUT2D eigenvalue weighted by molar-refractivity contribution is 6.31. The van der Waals surface area contributed by atoms with Crippen molar-refractivity contribution in [3.05, 3.63) is 57.1 Å². The van der Waals surface area contributed by atoms with Crippen molar-refractivity contribution in [2.75, 3.05) is 18.1 Å². The number of amides is 2. The van der Waals surface area contributed by atoms with E-state index in [2.05, 4.69) is 0 Å². The van der Waals surface area contributed by atoms with E-state index < -0.39 is 12.0 Å². The summed E-state index contributed by atoms with van der Waals surface area (Å²) in [5.41, 5.74) is 6.54. The van der Waals surface area contributed by atoms with Crippen molar-refractivity contribution < 1.29 is 14.3 Å². The van der Waals surface area contributed by atoms with Crippen LogP contribution in [0, 0.1) is 5.41 Å². The third-order valence-electron chi connectivity index (χ3n) is 3.80. The molecule has 0 radical (unpaired) electrons. The topological polar surface area (TPSA) is 101 Å². The Labute approximate surface area is 153 Å². The second-order valence-corrected chi connectivity index (χ2v) is 6.32. The van der Waals surface area contributed by atoms with E-state index in [1.807, 2.05) is 0 Å². The summed E-state index contributed by atoms with van der Waals surface area (Å²) in [5.74, 6) is -0.740. The molecule has 2 heterocycles. The number of primary amides is 1. The lowest BCUT2D eigenvalue weighted by atomic mass is 10.1. The maximum Gasteiger partial charge on any atom is 0.414 e. The zero-order valence-electron chi connectivity index (χ0n) is 13.0. The lowest BCUT2D eigenvalue weighted by Crippen LogP contribution is -2.31. The van der Waals surface area contributed by atoms with Crippen molar-refractivity contribution in [2.45, 2.75) is 6.54 Å². The van der Waals surface area contributed by atoms with Crippen molar-refractivity contribution in [2.24, 2.45) is 5.73 Å². The molecule has 1 saturated heterocycles. The van der Waals surface area contributed by atoms with Crippen molar-refractivity contribution in [3.8, 4) is 0 Å². The zero-order chi connectivity index (χ0) is 18.1. The molecule has 1 aliphatic rings. The number of hydrogen-bond acceptors (Lipinski definition) is 4. The molecule has 3 rings (SSSR count). The first-order valence-corrected chi connectivity index (χ1v) is 8.09. The fraction of sp³-hybridized carbons (Fsp3) is 0.188. The summed E-state index contributed by atoms with van der Waals surface area (Å²) < 4.78 is 6.45. The molecule has 0 unspecified atom stereocenters. The van der Waals surface area contributed by atoms with Crippen LogP contribution in [0.25, 0.3) is 0 Å². The van der Waals surface area contributed by atoms with Crippen LogP contribution in [0.3, 0.4) is 0 Å². The van der Waals surface area contributed by atoms with Gasteiger partial charge in [-0.05, 0) is 29.8 Å². The number of nitrogens with one attached hydrogen (secondary N) is 1. The number of hydrogen-bond donors (Lipinski definition) is 2. The number of carbonyl (C=O) groups is 2. The zero-order valence-corrected chi connectivity index (χ0v) is 14.5. The van der Waals surface area contributed by atoms with E-state index in [9.17, 15) is 9.59 Å². The SMILES string of the molecule is N=c1c(C(N)=O)cc(Cl)cn1Cc1cc(Cl)ccc1N1CCOC1=O. The highest BCUT2D eigenvalue weighted by Crippen LogP contribution is 2.27. The van der Waals surface area contributed by atoms with Crippen molar-refractivity contribution >= 4 is 40.9 Å². The van der Waals surface area contributed by atoms with Gasteiger partial charge in [-0.2, -0.15) is 0 Å². The predicted octanol–water partition coefficient (Wildman–Crippen LogP) is 2.38. The lowest BCUT2D eigenvalue weighted by Gasteiger charge is -2.19. The molecule has 3 N–H and O–H groups in total. The van der Waals surface area contributed by atoms with Gasteiger partial charge in [0.2, 0.25) is 0 Å². The number of ether oxygens (including phenoxy) is 1. The minimum atomic E-state index is -0.740. The fourth-order valence-corrected chi connectivity index (χ4v) is 3.09. The molecule has 0 saturated carbocycles. The first kappa shape index (κ1) is 17.3. The molecule has 7 nitrogen and oxygen atoms in total. The molecule has 9 heteroatoms. The molecule has 0 atom stereocenters. The van der Waals surface area contributed by atoms with Gasteiger partial charge >= 0.3 is 6.09 Å². The van der Waals surface area contributed by atoms with Crippen LogP contribution in [0.2, 0.25) is 10.0 Å². The molecule has 130 valence electrons. The minimum absolute atomic E-state index is 0.0108. The third-order valence-corrected chi connectivity index (χ3v) is 4.24. The number of halogens is 2. The van der Waals surface area contributed by atoms with Crippen LogP contribution < -0.4 is 16.1 Å². The smallest absolute Gasteiger partial charge is 0.414 e. The van der Waals surface area contributed by atoms with Crippen LogP contribution in [0.5, 0.6) is 0 Å². The number of pyridine rings is 1. The number of rotatable bonds is 4. The van der Waals surface area contributed by atoms with E-state index in [0.29, 0.717) is 29.4 Å². The number of anilines is 1. The molecule has 0 spiro atoms. The predicted molar refractivity (Wildman–Crippen MR) is 93.1 cm³/mol. The third kappa shape index (κ3) is 3.47. The van der Waals surface area contributed by atoms with Gasteiger partial charge < -0.3 is 15.0 Å². The lowest BCUT2D eigenvalue weighted by molar-refractivity contribution is 0.0997. The average Bonchev–Trinajstić information content (AvgIpc) is 2.96. The molecule has 2 aromatic rings. The number of carbonyl (C=O) groups excluding carboxylic acids is 2. The summed E-state index contributed by atoms with van der Waals surface area (Å²) >= 11 is 12.1. The fourth-order valence-electron chi connectivity index (χ4n) is 2.66. The van der Waals surface area contributed by atoms with E-state index in [-0.39, 0.29) is 22.6 Å². The van der Waals surface area contributed by atoms with Gasteiger partial charge in [0.05, 0.1) is 29.4 Å². The van der Waals surface area contributed by atoms with Gasteiger partial charge in [0.1, 0.15) is 12.1 Å². The minimum Gasteiger partial charge on any atom is -0.447 e. The van der Waals surface area contributed by atoms with Gasteiger partial charge in [0, 0.05) is 11.2 Å². The van der Waals surface area contributed by atoms with Gasteiger partial charge in [-0.25, -0.2) is 4.79 Å². The largest absolute Gasteiger partial charge is 0.447 e. The summed E-state index contributed by atoms with van der Waals surface area (Å²) in [7, 11) is 0. The maximum atomic E-state index is 11.9. The molecular weight excluding hydrogens is 367 g/mol. The van der Waals surface area contributed by atoms with Crippen LogP contribution >= 0.6 is 23.2 Å². The molecule has 1 aromatic carbocycles. The van der Waals surface area contributed by atoms with E-state index in [4.69, 9.17) is 39.1 Å². The Bertz CT molecular complexity index is 926. The van der Waals surface area contributed by atoms with Crippen LogP contribution in [-0.2, 0) is 11.3 Å². The van der Waals surface area contributed by atoms with E-state index in [0.717, 1.165) is 0 Å². The van der Waals surface area contributed by atoms with Gasteiger partial charge in [0.15, 0.2) is 0 Å². The highest BCUT2D eigenvalue weighted by atomic mass is 35.5. The Hall–Kier alpha value is -2.51. The van der Waals surface area contributed by atoms with Crippen molar-refractivity contribution in [1.29, 1.82) is 5.41 Å². The quantitative estimate of drug-likeness (QED) is 0.850. The van der Waals surface area contributed by atoms with Crippen LogP contribution in [0.15, 0.2) is 30.5 Å². The summed E-state index contributed by atoms with van der Waals surface area (Å²) in [6.07, 6.45) is 1.08. The second kappa shape index (κ2) is 6.78. The van der Waals surface area contributed by atoms with Gasteiger partial charge in [0.25, 0.3) is 5.91 Å². The van der Waals surface area contributed by atoms with Crippen molar-refractivity contribution in [1.82, 2.24) is 4.57 Å². The summed E-state index contributed by atoms with van der Waals surface area (Å²) in [4.78, 5) is 24.9. The first-order chi connectivity index (χ1) is 11.9. The Balaban J connectivity index is 2.07. The summed E-state index contributed by atoms with van der Waals surface area (Å²) in [6.45, 7) is 0.911. The normalized spacial score (nSPS) is 13.8. The van der Waals surface area contributed by atoms with Crippen LogP contribution in [0.4, 0.5) is 10.5 Å². The van der Waals surface area contributed by atoms with E-state index in [1.165, 1.54) is 21.7 Å². The molecule has 0 bridgehead atoms. The van der Waals surface area contributed by atoms with E-state index in [1.54, 1.807) is 18.2 Å². The highest BCUT2D eigenvalue weighted by Gasteiger charge is 2.26. The Morgan fingerprint density at radius 1 is 1.28 bits per heavy atom. The van der Waals surface area contributed by atoms with Crippen LogP contribution in [0.1, 0.15) is 15.9 Å². The van der Waals surface area contributed by atoms with Crippen molar-refractivity contribution in [3.63, 3.8) is 0 Å². The second-order valence-electron chi connectivity index (χ2n) is 5.45. The number of aromatic nitrogens is 1. The standard InChI is InChI=1S/C16H14Cl2N4O3/c17-10-1-2-13(22-3-4-25-16(22)24)9(5-10)7-21-8-11(18)6-12(14(21)19)15(20)23/h1-2,5-6,8,19H,3-4,7H2,(H2,20,23). The number of cyclic esters (lactones) is 1. The number of nitrogens with two attached hydrogens (primary N) is 1. The Morgan fingerprint density at radius 2 is 2.04 bits per heavy atom. The van der Waals surface area contributed by atoms with Gasteiger partial charge in [-0.3, -0.25) is 15.1 Å². The monoisotopic (exact) mass is 380 g/mol. The molecule has 25 heavy (non-hydrogen) atoms. The van der Waals surface area contributed by atoms with E-state index >= 15 is 0 Å². The molecular formula is C16H14Cl2N4O3. The van der Waals surface area contributed by atoms with Gasteiger partial charge in [-0.15, -0.1) is 0 Å². The molecule has 1 fully saturated rings. The molecule has 0 aliphatic carbocycles. The first-order valence-electron chi connectivity index (χ1n) is 7.34.